The molecule has 12 heteroatoms. The SMILES string of the molecule is O=C(Cn1nnn(-c2cccs2)c1=O)Nc1ccccc1C(=O)Nc1ccc2c(c1)OCO2. The molecule has 0 spiro atoms. The molecule has 0 bridgehead atoms. The van der Waals surface area contributed by atoms with Crippen molar-refractivity contribution >= 4 is 34.5 Å². The monoisotopic (exact) mass is 464 g/mol. The average molecular weight is 464 g/mol. The van der Waals surface area contributed by atoms with Gasteiger partial charge in [-0.1, -0.05) is 12.1 Å². The van der Waals surface area contributed by atoms with Crippen molar-refractivity contribution in [3.05, 3.63) is 76.0 Å². The number of hydrogen-bond donors (Lipinski definition) is 2. The van der Waals surface area contributed by atoms with Crippen LogP contribution >= 0.6 is 11.3 Å². The maximum absolute atomic E-state index is 12.8. The summed E-state index contributed by atoms with van der Waals surface area (Å²) in [5, 5.41) is 15.4. The number of para-hydroxylation sites is 1. The summed E-state index contributed by atoms with van der Waals surface area (Å²) in [6.45, 7) is -0.228. The highest BCUT2D eigenvalue weighted by Crippen LogP contribution is 2.34. The number of fused-ring (bicyclic) bond motifs is 1. The van der Waals surface area contributed by atoms with Crippen LogP contribution in [0.4, 0.5) is 11.4 Å². The van der Waals surface area contributed by atoms with Crippen LogP contribution in [0, 0.1) is 0 Å². The maximum atomic E-state index is 12.8. The Kier molecular flexibility index (Phi) is 5.32. The number of anilines is 2. The van der Waals surface area contributed by atoms with Gasteiger partial charge in [0.05, 0.1) is 11.3 Å². The van der Waals surface area contributed by atoms with Gasteiger partial charge in [-0.3, -0.25) is 9.59 Å². The molecule has 0 atom stereocenters. The van der Waals surface area contributed by atoms with Gasteiger partial charge in [0.1, 0.15) is 11.5 Å². The van der Waals surface area contributed by atoms with E-state index < -0.39 is 17.5 Å². The summed E-state index contributed by atoms with van der Waals surface area (Å²) in [6, 6.07) is 15.1. The van der Waals surface area contributed by atoms with Crippen molar-refractivity contribution in [3.8, 4) is 16.5 Å². The number of thiophene rings is 1. The molecule has 0 saturated heterocycles. The van der Waals surface area contributed by atoms with Crippen molar-refractivity contribution in [2.75, 3.05) is 17.4 Å². The van der Waals surface area contributed by atoms with Crippen molar-refractivity contribution in [2.45, 2.75) is 6.54 Å². The zero-order chi connectivity index (χ0) is 22.8. The van der Waals surface area contributed by atoms with Crippen LogP contribution in [-0.4, -0.2) is 38.4 Å². The molecule has 33 heavy (non-hydrogen) atoms. The van der Waals surface area contributed by atoms with Crippen molar-refractivity contribution in [1.82, 2.24) is 19.8 Å². The average Bonchev–Trinajstić information content (AvgIpc) is 3.56. The molecule has 5 rings (SSSR count). The van der Waals surface area contributed by atoms with Crippen molar-refractivity contribution < 1.29 is 19.1 Å². The van der Waals surface area contributed by atoms with Crippen LogP contribution in [0.5, 0.6) is 11.5 Å². The molecule has 2 N–H and O–H groups in total. The lowest BCUT2D eigenvalue weighted by Gasteiger charge is -2.11. The number of benzene rings is 2. The van der Waals surface area contributed by atoms with Gasteiger partial charge in [-0.25, -0.2) is 4.79 Å². The summed E-state index contributed by atoms with van der Waals surface area (Å²) in [6.07, 6.45) is 0. The first-order valence-corrected chi connectivity index (χ1v) is 10.6. The van der Waals surface area contributed by atoms with Crippen LogP contribution < -0.4 is 25.8 Å². The number of aromatic nitrogens is 4. The van der Waals surface area contributed by atoms with Gasteiger partial charge in [-0.2, -0.15) is 9.36 Å². The van der Waals surface area contributed by atoms with Gasteiger partial charge in [-0.05, 0) is 52.2 Å². The molecule has 2 aromatic carbocycles. The first kappa shape index (κ1) is 20.5. The van der Waals surface area contributed by atoms with Gasteiger partial charge in [-0.15, -0.1) is 11.3 Å². The van der Waals surface area contributed by atoms with E-state index in [2.05, 4.69) is 21.1 Å². The molecule has 0 aliphatic carbocycles. The van der Waals surface area contributed by atoms with E-state index in [9.17, 15) is 14.4 Å². The third-order valence-electron chi connectivity index (χ3n) is 4.72. The molecular formula is C21H16N6O5S. The molecular weight excluding hydrogens is 448 g/mol. The van der Waals surface area contributed by atoms with Crippen molar-refractivity contribution in [1.29, 1.82) is 0 Å². The first-order valence-electron chi connectivity index (χ1n) is 9.75. The van der Waals surface area contributed by atoms with Crippen LogP contribution in [-0.2, 0) is 11.3 Å². The Hall–Kier alpha value is -4.45. The Morgan fingerprint density at radius 1 is 1.00 bits per heavy atom. The molecule has 1 aliphatic rings. The molecule has 3 heterocycles. The summed E-state index contributed by atoms with van der Waals surface area (Å²) in [5.41, 5.74) is 0.515. The number of carbonyl (C=O) groups excluding carboxylic acids is 2. The van der Waals surface area contributed by atoms with Gasteiger partial charge < -0.3 is 20.1 Å². The fourth-order valence-corrected chi connectivity index (χ4v) is 3.86. The Balaban J connectivity index is 1.29. The van der Waals surface area contributed by atoms with Gasteiger partial charge >= 0.3 is 5.69 Å². The molecule has 0 fully saturated rings. The predicted molar refractivity (Wildman–Crippen MR) is 119 cm³/mol. The Labute approximate surface area is 190 Å². The molecule has 4 aromatic rings. The number of nitrogens with one attached hydrogen (secondary N) is 2. The number of hydrogen-bond acceptors (Lipinski definition) is 8. The normalized spacial score (nSPS) is 11.9. The first-order chi connectivity index (χ1) is 16.1. The fourth-order valence-electron chi connectivity index (χ4n) is 3.19. The minimum absolute atomic E-state index is 0.131. The lowest BCUT2D eigenvalue weighted by atomic mass is 10.1. The zero-order valence-corrected chi connectivity index (χ0v) is 17.7. The molecule has 0 saturated carbocycles. The lowest BCUT2D eigenvalue weighted by molar-refractivity contribution is -0.117. The van der Waals surface area contributed by atoms with Crippen LogP contribution in [0.25, 0.3) is 5.00 Å². The van der Waals surface area contributed by atoms with Gasteiger partial charge in [0.2, 0.25) is 12.7 Å². The highest BCUT2D eigenvalue weighted by molar-refractivity contribution is 7.12. The van der Waals surface area contributed by atoms with E-state index >= 15 is 0 Å². The van der Waals surface area contributed by atoms with E-state index in [0.29, 0.717) is 27.9 Å². The summed E-state index contributed by atoms with van der Waals surface area (Å²) in [7, 11) is 0. The topological polar surface area (TPSA) is 129 Å². The second-order valence-corrected chi connectivity index (χ2v) is 7.82. The Morgan fingerprint density at radius 3 is 2.70 bits per heavy atom. The minimum Gasteiger partial charge on any atom is -0.454 e. The highest BCUT2D eigenvalue weighted by atomic mass is 32.1. The Morgan fingerprint density at radius 2 is 1.85 bits per heavy atom. The third-order valence-corrected chi connectivity index (χ3v) is 5.57. The van der Waals surface area contributed by atoms with E-state index in [1.165, 1.54) is 11.3 Å². The van der Waals surface area contributed by atoms with E-state index in [4.69, 9.17) is 9.47 Å². The largest absolute Gasteiger partial charge is 0.454 e. The maximum Gasteiger partial charge on any atom is 0.369 e. The number of carbonyl (C=O) groups is 2. The second-order valence-electron chi connectivity index (χ2n) is 6.90. The van der Waals surface area contributed by atoms with E-state index in [-0.39, 0.29) is 18.9 Å². The number of amides is 2. The summed E-state index contributed by atoms with van der Waals surface area (Å²) >= 11 is 1.32. The van der Waals surface area contributed by atoms with Crippen LogP contribution in [0.3, 0.4) is 0 Å². The van der Waals surface area contributed by atoms with E-state index in [1.54, 1.807) is 60.0 Å². The third kappa shape index (κ3) is 4.19. The molecule has 166 valence electrons. The van der Waals surface area contributed by atoms with E-state index in [0.717, 1.165) is 9.36 Å². The highest BCUT2D eigenvalue weighted by Gasteiger charge is 2.18. The van der Waals surface area contributed by atoms with Crippen molar-refractivity contribution in [2.24, 2.45) is 0 Å². The van der Waals surface area contributed by atoms with Gasteiger partial charge in [0, 0.05) is 11.8 Å². The summed E-state index contributed by atoms with van der Waals surface area (Å²) in [4.78, 5) is 37.9. The van der Waals surface area contributed by atoms with Crippen LogP contribution in [0.1, 0.15) is 10.4 Å². The standard InChI is InChI=1S/C21H16N6O5S/c28-18(11-26-21(30)27(25-24-26)19-6-3-9-33-19)23-15-5-2-1-4-14(15)20(29)22-13-7-8-16-17(10-13)32-12-31-16/h1-10H,11-12H2,(H,22,29)(H,23,28). The minimum atomic E-state index is -0.540. The summed E-state index contributed by atoms with van der Waals surface area (Å²) < 4.78 is 12.7. The van der Waals surface area contributed by atoms with Crippen LogP contribution in [0.15, 0.2) is 64.8 Å². The zero-order valence-electron chi connectivity index (χ0n) is 16.9. The molecule has 2 aromatic heterocycles. The predicted octanol–water partition coefficient (Wildman–Crippen LogP) is 2.11. The van der Waals surface area contributed by atoms with Gasteiger partial charge in [0.15, 0.2) is 11.5 Å². The number of tetrazole rings is 1. The lowest BCUT2D eigenvalue weighted by Crippen LogP contribution is -2.30. The van der Waals surface area contributed by atoms with E-state index in [1.807, 2.05) is 0 Å². The van der Waals surface area contributed by atoms with Crippen LogP contribution in [0.2, 0.25) is 0 Å². The number of ether oxygens (including phenoxy) is 2. The quantitative estimate of drug-likeness (QED) is 0.447. The summed E-state index contributed by atoms with van der Waals surface area (Å²) in [5.74, 6) is 0.187. The number of rotatable bonds is 6. The molecule has 1 aliphatic heterocycles. The molecule has 0 radical (unpaired) electrons. The Bertz CT molecular complexity index is 1390. The molecule has 2 amide bonds. The molecule has 11 nitrogen and oxygen atoms in total. The van der Waals surface area contributed by atoms with Gasteiger partial charge in [0.25, 0.3) is 5.91 Å². The fraction of sp³-hybridized carbons (Fsp3) is 0.0952. The number of nitrogens with zero attached hydrogens (tertiary/aromatic N) is 4. The smallest absolute Gasteiger partial charge is 0.369 e. The molecule has 0 unspecified atom stereocenters. The second kappa shape index (κ2) is 8.59. The van der Waals surface area contributed by atoms with Crippen molar-refractivity contribution in [3.63, 3.8) is 0 Å².